The van der Waals surface area contributed by atoms with E-state index >= 15 is 0 Å². The fraction of sp³-hybridized carbons (Fsp3) is 0.0833. The van der Waals surface area contributed by atoms with Crippen LogP contribution >= 0.6 is 0 Å². The van der Waals surface area contributed by atoms with E-state index in [0.717, 1.165) is 11.1 Å². The summed E-state index contributed by atoms with van der Waals surface area (Å²) in [6.07, 6.45) is 1.45. The predicted molar refractivity (Wildman–Crippen MR) is 63.8 cm³/mol. The first-order valence-corrected chi connectivity index (χ1v) is 5.24. The second-order valence-electron chi connectivity index (χ2n) is 3.87. The molecule has 0 fully saturated rings. The number of hydrogen-bond donors (Lipinski definition) is 1. The highest BCUT2D eigenvalue weighted by molar-refractivity contribution is 5.61. The number of benzene rings is 1. The summed E-state index contributed by atoms with van der Waals surface area (Å²) >= 11 is 0. The van der Waals surface area contributed by atoms with Crippen LogP contribution in [0.4, 0.5) is 0 Å². The highest BCUT2D eigenvalue weighted by Crippen LogP contribution is 2.16. The quantitative estimate of drug-likeness (QED) is 0.682. The van der Waals surface area contributed by atoms with Crippen molar-refractivity contribution in [2.45, 2.75) is 6.92 Å². The van der Waals surface area contributed by atoms with Gasteiger partial charge in [0.15, 0.2) is 0 Å². The van der Waals surface area contributed by atoms with Crippen molar-refractivity contribution in [2.75, 3.05) is 0 Å². The lowest BCUT2D eigenvalue weighted by molar-refractivity contribution is 0.900. The van der Waals surface area contributed by atoms with E-state index in [1.165, 1.54) is 16.9 Å². The normalized spacial score (nSPS) is 10.9. The maximum atomic E-state index is 11.8. The van der Waals surface area contributed by atoms with Crippen LogP contribution < -0.4 is 5.56 Å². The van der Waals surface area contributed by atoms with Crippen molar-refractivity contribution in [1.82, 2.24) is 19.6 Å². The smallest absolute Gasteiger partial charge is 0.274 e. The van der Waals surface area contributed by atoms with E-state index in [0.29, 0.717) is 11.5 Å². The molecule has 84 valence electrons. The molecule has 0 spiro atoms. The summed E-state index contributed by atoms with van der Waals surface area (Å²) in [4.78, 5) is 20.1. The summed E-state index contributed by atoms with van der Waals surface area (Å²) in [6, 6.07) is 9.37. The summed E-state index contributed by atoms with van der Waals surface area (Å²) in [5, 5.41) is 2.71. The van der Waals surface area contributed by atoms with E-state index in [1.54, 1.807) is 0 Å². The highest BCUT2D eigenvalue weighted by Gasteiger charge is 2.05. The van der Waals surface area contributed by atoms with Crippen LogP contribution in [0.2, 0.25) is 0 Å². The van der Waals surface area contributed by atoms with Gasteiger partial charge < -0.3 is 0 Å². The molecule has 3 aromatic rings. The number of aryl methyl sites for hydroxylation is 1. The molecule has 0 aliphatic carbocycles. The molecule has 2 aromatic heterocycles. The predicted octanol–water partition coefficient (Wildman–Crippen LogP) is 1.39. The summed E-state index contributed by atoms with van der Waals surface area (Å²) in [5.41, 5.74) is 2.54. The Labute approximate surface area is 96.8 Å². The van der Waals surface area contributed by atoms with Gasteiger partial charge in [0.05, 0.1) is 5.69 Å². The number of aromatic amines is 1. The van der Waals surface area contributed by atoms with E-state index < -0.39 is 0 Å². The molecule has 2 heterocycles. The molecule has 0 unspecified atom stereocenters. The molecule has 0 saturated carbocycles. The van der Waals surface area contributed by atoms with Gasteiger partial charge in [-0.2, -0.15) is 4.52 Å². The molecule has 0 amide bonds. The third kappa shape index (κ3) is 1.61. The Hall–Kier alpha value is -2.43. The molecule has 17 heavy (non-hydrogen) atoms. The van der Waals surface area contributed by atoms with Crippen molar-refractivity contribution in [3.8, 4) is 11.3 Å². The van der Waals surface area contributed by atoms with E-state index in [4.69, 9.17) is 0 Å². The first kappa shape index (κ1) is 9.77. The highest BCUT2D eigenvalue weighted by atomic mass is 16.1. The van der Waals surface area contributed by atoms with Gasteiger partial charge in [0.2, 0.25) is 0 Å². The number of aromatic nitrogens is 4. The third-order valence-electron chi connectivity index (χ3n) is 2.58. The monoisotopic (exact) mass is 226 g/mol. The zero-order chi connectivity index (χ0) is 11.8. The number of rotatable bonds is 1. The lowest BCUT2D eigenvalue weighted by Gasteiger charge is -2.01. The average Bonchev–Trinajstić information content (AvgIpc) is 2.77. The largest absolute Gasteiger partial charge is 0.278 e. The number of nitrogens with one attached hydrogen (secondary N) is 1. The van der Waals surface area contributed by atoms with Crippen LogP contribution in [0.25, 0.3) is 17.0 Å². The van der Waals surface area contributed by atoms with Crippen LogP contribution in [0.1, 0.15) is 5.56 Å². The van der Waals surface area contributed by atoms with E-state index in [-0.39, 0.29) is 5.56 Å². The summed E-state index contributed by atoms with van der Waals surface area (Å²) in [7, 11) is 0. The Kier molecular flexibility index (Phi) is 2.04. The molecule has 1 N–H and O–H groups in total. The van der Waals surface area contributed by atoms with Crippen molar-refractivity contribution < 1.29 is 0 Å². The molecule has 0 aliphatic heterocycles. The van der Waals surface area contributed by atoms with Crippen molar-refractivity contribution >= 4 is 5.78 Å². The van der Waals surface area contributed by atoms with Gasteiger partial charge in [-0.15, -0.1) is 0 Å². The molecular weight excluding hydrogens is 216 g/mol. The van der Waals surface area contributed by atoms with Gasteiger partial charge >= 0.3 is 0 Å². The number of fused-ring (bicyclic) bond motifs is 1. The van der Waals surface area contributed by atoms with Gasteiger partial charge in [0.1, 0.15) is 6.33 Å². The SMILES string of the molecule is Cc1cccc(-c2cc(=O)n3[nH]cnc3n2)c1. The van der Waals surface area contributed by atoms with Gasteiger partial charge in [-0.1, -0.05) is 23.8 Å². The summed E-state index contributed by atoms with van der Waals surface area (Å²) in [6.45, 7) is 2.00. The molecule has 0 atom stereocenters. The van der Waals surface area contributed by atoms with Gasteiger partial charge in [0.25, 0.3) is 11.3 Å². The Morgan fingerprint density at radius 2 is 2.18 bits per heavy atom. The minimum atomic E-state index is -0.163. The van der Waals surface area contributed by atoms with E-state index in [1.807, 2.05) is 31.2 Å². The molecular formula is C12H10N4O. The molecule has 0 saturated heterocycles. The molecule has 5 nitrogen and oxygen atoms in total. The molecule has 5 heteroatoms. The van der Waals surface area contributed by atoms with Crippen LogP contribution in [0.3, 0.4) is 0 Å². The minimum absolute atomic E-state index is 0.163. The topological polar surface area (TPSA) is 63.0 Å². The van der Waals surface area contributed by atoms with Gasteiger partial charge in [-0.05, 0) is 13.0 Å². The fourth-order valence-electron chi connectivity index (χ4n) is 1.77. The molecule has 0 bridgehead atoms. The molecule has 0 aliphatic rings. The molecule has 3 rings (SSSR count). The zero-order valence-electron chi connectivity index (χ0n) is 9.21. The Morgan fingerprint density at radius 3 is 3.00 bits per heavy atom. The second kappa shape index (κ2) is 3.55. The number of H-pyrrole nitrogens is 1. The average molecular weight is 226 g/mol. The maximum Gasteiger partial charge on any atom is 0.274 e. The Morgan fingerprint density at radius 1 is 1.29 bits per heavy atom. The molecule has 0 radical (unpaired) electrons. The fourth-order valence-corrected chi connectivity index (χ4v) is 1.77. The van der Waals surface area contributed by atoms with E-state index in [9.17, 15) is 4.79 Å². The van der Waals surface area contributed by atoms with Crippen molar-refractivity contribution in [2.24, 2.45) is 0 Å². The van der Waals surface area contributed by atoms with Crippen molar-refractivity contribution in [3.05, 3.63) is 52.6 Å². The Bertz CT molecular complexity index is 741. The van der Waals surface area contributed by atoms with Crippen LogP contribution in [-0.2, 0) is 0 Å². The van der Waals surface area contributed by atoms with Gasteiger partial charge in [-0.3, -0.25) is 9.89 Å². The summed E-state index contributed by atoms with van der Waals surface area (Å²) < 4.78 is 1.30. The van der Waals surface area contributed by atoms with Gasteiger partial charge in [0, 0.05) is 11.6 Å². The standard InChI is InChI=1S/C12H10N4O/c1-8-3-2-4-9(5-8)10-6-11(17)16-12(15-10)13-7-14-16/h2-7H,1H3,(H,13,14,15). The number of hydrogen-bond acceptors (Lipinski definition) is 3. The van der Waals surface area contributed by atoms with Crippen molar-refractivity contribution in [3.63, 3.8) is 0 Å². The van der Waals surface area contributed by atoms with Crippen LogP contribution in [0, 0.1) is 6.92 Å². The molecule has 1 aromatic carbocycles. The lowest BCUT2D eigenvalue weighted by atomic mass is 10.1. The van der Waals surface area contributed by atoms with Crippen LogP contribution in [-0.4, -0.2) is 19.6 Å². The first-order chi connectivity index (χ1) is 8.24. The van der Waals surface area contributed by atoms with Crippen LogP contribution in [0.15, 0.2) is 41.5 Å². The maximum absolute atomic E-state index is 11.8. The lowest BCUT2D eigenvalue weighted by Crippen LogP contribution is -2.14. The second-order valence-corrected chi connectivity index (χ2v) is 3.87. The minimum Gasteiger partial charge on any atom is -0.278 e. The first-order valence-electron chi connectivity index (χ1n) is 5.24. The third-order valence-corrected chi connectivity index (χ3v) is 2.58. The van der Waals surface area contributed by atoms with Crippen molar-refractivity contribution in [1.29, 1.82) is 0 Å². The summed E-state index contributed by atoms with van der Waals surface area (Å²) in [5.74, 6) is 0.383. The van der Waals surface area contributed by atoms with Gasteiger partial charge in [-0.25, -0.2) is 9.97 Å². The number of nitrogens with zero attached hydrogens (tertiary/aromatic N) is 3. The van der Waals surface area contributed by atoms with Crippen LogP contribution in [0.5, 0.6) is 0 Å². The zero-order valence-corrected chi connectivity index (χ0v) is 9.21. The van der Waals surface area contributed by atoms with E-state index in [2.05, 4.69) is 15.1 Å². The Balaban J connectivity index is 2.27.